The van der Waals surface area contributed by atoms with Gasteiger partial charge in [0.25, 0.3) is 5.91 Å². The highest BCUT2D eigenvalue weighted by Gasteiger charge is 2.17. The van der Waals surface area contributed by atoms with Crippen molar-refractivity contribution in [1.82, 2.24) is 9.88 Å². The second-order valence-electron chi connectivity index (χ2n) is 4.62. The van der Waals surface area contributed by atoms with E-state index in [1.165, 1.54) is 11.0 Å². The van der Waals surface area contributed by atoms with Crippen LogP contribution in [0.2, 0.25) is 0 Å². The molecule has 6 heteroatoms. The number of nitriles is 1. The molecule has 0 fully saturated rings. The van der Waals surface area contributed by atoms with Gasteiger partial charge in [-0.1, -0.05) is 6.07 Å². The Morgan fingerprint density at radius 3 is 2.73 bits per heavy atom. The van der Waals surface area contributed by atoms with Crippen LogP contribution < -0.4 is 0 Å². The number of halogens is 2. The molecule has 0 unspecified atom stereocenters. The van der Waals surface area contributed by atoms with Gasteiger partial charge in [-0.15, -0.1) is 0 Å². The maximum Gasteiger partial charge on any atom is 0.254 e. The standard InChI is InChI=1S/C16H13F2N3O/c17-14-5-4-13(9-15(14)18)16(22)21(8-2-6-19)11-12-3-1-7-20-10-12/h1,3-5,7,9-10H,2,8,11H2. The Morgan fingerprint density at radius 2 is 2.09 bits per heavy atom. The number of carbonyl (C=O) groups is 1. The summed E-state index contributed by atoms with van der Waals surface area (Å²) < 4.78 is 26.2. The third-order valence-corrected chi connectivity index (χ3v) is 3.04. The van der Waals surface area contributed by atoms with E-state index in [0.717, 1.165) is 17.7 Å². The van der Waals surface area contributed by atoms with Gasteiger partial charge < -0.3 is 4.90 Å². The summed E-state index contributed by atoms with van der Waals surface area (Å²) in [6.45, 7) is 0.441. The second-order valence-corrected chi connectivity index (χ2v) is 4.62. The summed E-state index contributed by atoms with van der Waals surface area (Å²) in [5.41, 5.74) is 0.831. The van der Waals surface area contributed by atoms with Crippen LogP contribution >= 0.6 is 0 Å². The van der Waals surface area contributed by atoms with Gasteiger partial charge in [-0.3, -0.25) is 9.78 Å². The average Bonchev–Trinajstić information content (AvgIpc) is 2.54. The molecule has 1 aromatic carbocycles. The first-order valence-electron chi connectivity index (χ1n) is 6.62. The molecule has 2 aromatic rings. The Labute approximate surface area is 126 Å². The molecule has 4 nitrogen and oxygen atoms in total. The molecule has 0 spiro atoms. The van der Waals surface area contributed by atoms with Gasteiger partial charge in [0.1, 0.15) is 0 Å². The summed E-state index contributed by atoms with van der Waals surface area (Å²) in [5.74, 6) is -2.54. The van der Waals surface area contributed by atoms with E-state index >= 15 is 0 Å². The number of amides is 1. The summed E-state index contributed by atoms with van der Waals surface area (Å²) in [6, 6.07) is 8.50. The Morgan fingerprint density at radius 1 is 1.27 bits per heavy atom. The van der Waals surface area contributed by atoms with E-state index in [0.29, 0.717) is 0 Å². The molecule has 0 N–H and O–H groups in total. The van der Waals surface area contributed by atoms with Crippen molar-refractivity contribution in [1.29, 1.82) is 5.26 Å². The number of aromatic nitrogens is 1. The van der Waals surface area contributed by atoms with Crippen molar-refractivity contribution in [3.63, 3.8) is 0 Å². The molecular formula is C16H13F2N3O. The predicted octanol–water partition coefficient (Wildman–Crippen LogP) is 2.92. The molecule has 22 heavy (non-hydrogen) atoms. The summed E-state index contributed by atoms with van der Waals surface area (Å²) in [4.78, 5) is 17.8. The van der Waals surface area contributed by atoms with Gasteiger partial charge in [0.15, 0.2) is 11.6 Å². The fourth-order valence-electron chi connectivity index (χ4n) is 1.96. The van der Waals surface area contributed by atoms with E-state index in [2.05, 4.69) is 4.98 Å². The monoisotopic (exact) mass is 301 g/mol. The fourth-order valence-corrected chi connectivity index (χ4v) is 1.96. The van der Waals surface area contributed by atoms with Gasteiger partial charge >= 0.3 is 0 Å². The Bertz CT molecular complexity index is 698. The predicted molar refractivity (Wildman–Crippen MR) is 75.6 cm³/mol. The number of hydrogen-bond acceptors (Lipinski definition) is 3. The van der Waals surface area contributed by atoms with Gasteiger partial charge in [-0.2, -0.15) is 5.26 Å². The van der Waals surface area contributed by atoms with E-state index in [9.17, 15) is 13.6 Å². The lowest BCUT2D eigenvalue weighted by Gasteiger charge is -2.21. The largest absolute Gasteiger partial charge is 0.333 e. The zero-order chi connectivity index (χ0) is 15.9. The molecule has 1 amide bonds. The Kier molecular flexibility index (Phi) is 5.15. The fraction of sp³-hybridized carbons (Fsp3) is 0.188. The third kappa shape index (κ3) is 3.85. The van der Waals surface area contributed by atoms with Crippen molar-refractivity contribution in [2.45, 2.75) is 13.0 Å². The number of pyridine rings is 1. The lowest BCUT2D eigenvalue weighted by Crippen LogP contribution is -2.31. The minimum absolute atomic E-state index is 0.0423. The number of rotatable bonds is 5. The lowest BCUT2D eigenvalue weighted by molar-refractivity contribution is 0.0746. The molecule has 1 aromatic heterocycles. The molecule has 0 atom stereocenters. The van der Waals surface area contributed by atoms with Crippen LogP contribution in [0.5, 0.6) is 0 Å². The molecule has 0 radical (unpaired) electrons. The van der Waals surface area contributed by atoms with E-state index in [4.69, 9.17) is 5.26 Å². The summed E-state index contributed by atoms with van der Waals surface area (Å²) in [6.07, 6.45) is 3.37. The minimum Gasteiger partial charge on any atom is -0.333 e. The van der Waals surface area contributed by atoms with Crippen molar-refractivity contribution < 1.29 is 13.6 Å². The van der Waals surface area contributed by atoms with E-state index in [1.54, 1.807) is 24.5 Å². The van der Waals surface area contributed by atoms with E-state index < -0.39 is 17.5 Å². The zero-order valence-electron chi connectivity index (χ0n) is 11.7. The molecule has 0 saturated carbocycles. The van der Waals surface area contributed by atoms with Crippen molar-refractivity contribution in [3.05, 3.63) is 65.5 Å². The zero-order valence-corrected chi connectivity index (χ0v) is 11.7. The van der Waals surface area contributed by atoms with E-state index in [1.807, 2.05) is 6.07 Å². The molecule has 0 saturated heterocycles. The topological polar surface area (TPSA) is 57.0 Å². The minimum atomic E-state index is -1.08. The smallest absolute Gasteiger partial charge is 0.254 e. The van der Waals surface area contributed by atoms with Gasteiger partial charge in [-0.25, -0.2) is 8.78 Å². The molecule has 2 rings (SSSR count). The van der Waals surface area contributed by atoms with Crippen LogP contribution in [0.15, 0.2) is 42.7 Å². The summed E-state index contributed by atoms with van der Waals surface area (Å²) >= 11 is 0. The highest BCUT2D eigenvalue weighted by molar-refractivity contribution is 5.94. The SMILES string of the molecule is N#CCCN(Cc1cccnc1)C(=O)c1ccc(F)c(F)c1. The lowest BCUT2D eigenvalue weighted by atomic mass is 10.1. The molecule has 112 valence electrons. The second kappa shape index (κ2) is 7.27. The normalized spacial score (nSPS) is 10.0. The summed E-state index contributed by atoms with van der Waals surface area (Å²) in [5, 5.41) is 8.70. The van der Waals surface area contributed by atoms with E-state index in [-0.39, 0.29) is 25.1 Å². The molecular weight excluding hydrogens is 288 g/mol. The maximum absolute atomic E-state index is 13.3. The molecule has 0 bridgehead atoms. The molecule has 0 aliphatic heterocycles. The van der Waals surface area contributed by atoms with Gasteiger partial charge in [0.05, 0.1) is 12.5 Å². The molecule has 1 heterocycles. The quantitative estimate of drug-likeness (QED) is 0.853. The molecule has 0 aliphatic rings. The van der Waals surface area contributed by atoms with Gasteiger partial charge in [-0.05, 0) is 29.8 Å². The van der Waals surface area contributed by atoms with Crippen LogP contribution in [0.25, 0.3) is 0 Å². The first-order valence-corrected chi connectivity index (χ1v) is 6.62. The van der Waals surface area contributed by atoms with Crippen molar-refractivity contribution in [2.75, 3.05) is 6.54 Å². The highest BCUT2D eigenvalue weighted by Crippen LogP contribution is 2.13. The van der Waals surface area contributed by atoms with Crippen LogP contribution in [-0.2, 0) is 6.54 Å². The number of carbonyl (C=O) groups excluding carboxylic acids is 1. The summed E-state index contributed by atoms with van der Waals surface area (Å²) in [7, 11) is 0. The van der Waals surface area contributed by atoms with Gasteiger partial charge in [0.2, 0.25) is 0 Å². The van der Waals surface area contributed by atoms with Crippen molar-refractivity contribution in [2.24, 2.45) is 0 Å². The van der Waals surface area contributed by atoms with Gasteiger partial charge in [0, 0.05) is 31.0 Å². The first kappa shape index (κ1) is 15.6. The van der Waals surface area contributed by atoms with Crippen LogP contribution in [0.4, 0.5) is 8.78 Å². The Hall–Kier alpha value is -2.81. The van der Waals surface area contributed by atoms with Crippen LogP contribution in [0.1, 0.15) is 22.3 Å². The third-order valence-electron chi connectivity index (χ3n) is 3.04. The Balaban J connectivity index is 2.22. The first-order chi connectivity index (χ1) is 10.6. The maximum atomic E-state index is 13.3. The highest BCUT2D eigenvalue weighted by atomic mass is 19.2. The molecule has 0 aliphatic carbocycles. The number of nitrogens with zero attached hydrogens (tertiary/aromatic N) is 3. The van der Waals surface area contributed by atoms with Crippen molar-refractivity contribution in [3.8, 4) is 6.07 Å². The van der Waals surface area contributed by atoms with Crippen molar-refractivity contribution >= 4 is 5.91 Å². The number of benzene rings is 1. The van der Waals surface area contributed by atoms with Crippen LogP contribution in [0.3, 0.4) is 0 Å². The van der Waals surface area contributed by atoms with Crippen LogP contribution in [0, 0.1) is 23.0 Å². The average molecular weight is 301 g/mol. The van der Waals surface area contributed by atoms with Crippen LogP contribution in [-0.4, -0.2) is 22.3 Å². The number of hydrogen-bond donors (Lipinski definition) is 0.